The lowest BCUT2D eigenvalue weighted by molar-refractivity contribution is -0.287. The van der Waals surface area contributed by atoms with Gasteiger partial charge in [0.25, 0.3) is 0 Å². The molecule has 4 N–H and O–H groups in total. The van der Waals surface area contributed by atoms with Gasteiger partial charge in [-0.05, 0) is 6.42 Å². The number of esters is 1. The molecule has 112 valence electrons. The second kappa shape index (κ2) is 7.76. The van der Waals surface area contributed by atoms with Crippen LogP contribution in [-0.2, 0) is 14.3 Å². The molecule has 19 heavy (non-hydrogen) atoms. The highest BCUT2D eigenvalue weighted by molar-refractivity contribution is 5.69. The van der Waals surface area contributed by atoms with Crippen LogP contribution in [-0.4, -0.2) is 63.7 Å². The van der Waals surface area contributed by atoms with Crippen molar-refractivity contribution in [3.63, 3.8) is 0 Å². The van der Waals surface area contributed by atoms with E-state index < -0.39 is 36.7 Å². The molecule has 1 aliphatic rings. The van der Waals surface area contributed by atoms with Gasteiger partial charge < -0.3 is 29.9 Å². The molecule has 0 spiro atoms. The molecule has 0 aromatic heterocycles. The largest absolute Gasteiger partial charge is 0.463 e. The van der Waals surface area contributed by atoms with Gasteiger partial charge in [0.05, 0.1) is 0 Å². The molecule has 1 aliphatic heterocycles. The number of ether oxygens (including phenoxy) is 2. The summed E-state index contributed by atoms with van der Waals surface area (Å²) in [5.74, 6) is -0.417. The molecule has 0 amide bonds. The Morgan fingerprint density at radius 2 is 1.79 bits per heavy atom. The molecule has 5 atom stereocenters. The molecule has 0 unspecified atom stereocenters. The first-order chi connectivity index (χ1) is 8.97. The van der Waals surface area contributed by atoms with Gasteiger partial charge in [0.2, 0.25) is 0 Å². The smallest absolute Gasteiger partial charge is 0.305 e. The summed E-state index contributed by atoms with van der Waals surface area (Å²) in [7, 11) is 0. The van der Waals surface area contributed by atoms with E-state index in [4.69, 9.17) is 9.47 Å². The summed E-state index contributed by atoms with van der Waals surface area (Å²) in [6, 6.07) is 0. The summed E-state index contributed by atoms with van der Waals surface area (Å²) in [5, 5.41) is 37.6. The number of carbonyl (C=O) groups excluding carboxylic acids is 1. The van der Waals surface area contributed by atoms with Crippen LogP contribution in [0.4, 0.5) is 0 Å². The van der Waals surface area contributed by atoms with Crippen LogP contribution in [0.5, 0.6) is 0 Å². The average molecular weight is 278 g/mol. The van der Waals surface area contributed by atoms with Crippen molar-refractivity contribution >= 4 is 5.97 Å². The molecule has 0 aliphatic carbocycles. The lowest BCUT2D eigenvalue weighted by atomic mass is 9.99. The maximum absolute atomic E-state index is 11.4. The summed E-state index contributed by atoms with van der Waals surface area (Å²) in [6.45, 7) is 1.75. The van der Waals surface area contributed by atoms with Crippen molar-refractivity contribution in [3.05, 3.63) is 0 Å². The zero-order valence-corrected chi connectivity index (χ0v) is 10.9. The molecule has 0 aromatic rings. The maximum Gasteiger partial charge on any atom is 0.305 e. The molecule has 0 radical (unpaired) electrons. The van der Waals surface area contributed by atoms with Crippen molar-refractivity contribution in [2.75, 3.05) is 6.61 Å². The fourth-order valence-electron chi connectivity index (χ4n) is 1.84. The van der Waals surface area contributed by atoms with Gasteiger partial charge in [-0.25, -0.2) is 0 Å². The number of hydrogen-bond acceptors (Lipinski definition) is 7. The molecule has 0 aromatic carbocycles. The van der Waals surface area contributed by atoms with E-state index in [-0.39, 0.29) is 13.0 Å². The van der Waals surface area contributed by atoms with E-state index in [2.05, 4.69) is 0 Å². The minimum atomic E-state index is -1.61. The lowest BCUT2D eigenvalue weighted by Gasteiger charge is -2.37. The number of aliphatic hydroxyl groups is 4. The molecule has 1 saturated heterocycles. The van der Waals surface area contributed by atoms with Crippen LogP contribution in [0, 0.1) is 0 Å². The molecule has 0 saturated carbocycles. The van der Waals surface area contributed by atoms with Crippen molar-refractivity contribution in [1.29, 1.82) is 0 Å². The summed E-state index contributed by atoms with van der Waals surface area (Å²) < 4.78 is 9.78. The molecular weight excluding hydrogens is 256 g/mol. The normalized spacial score (nSPS) is 35.1. The lowest BCUT2D eigenvalue weighted by Crippen LogP contribution is -2.58. The van der Waals surface area contributed by atoms with Gasteiger partial charge >= 0.3 is 5.97 Å². The Kier molecular flexibility index (Phi) is 6.67. The molecule has 0 bridgehead atoms. The third-order valence-corrected chi connectivity index (χ3v) is 3.08. The summed E-state index contributed by atoms with van der Waals surface area (Å²) in [6.07, 6.45) is -4.25. The molecular formula is C12H22O7. The van der Waals surface area contributed by atoms with Gasteiger partial charge in [-0.1, -0.05) is 19.8 Å². The molecule has 7 heteroatoms. The third-order valence-electron chi connectivity index (χ3n) is 3.08. The standard InChI is InChI=1S/C12H22O7/c1-2-3-4-5-8(13)18-6-7-9(14)10(15)11(16)12(17)19-7/h7,9-12,14-17H,2-6H2,1H3/t7-,9-,10+,11-,12-/m1/s1. The van der Waals surface area contributed by atoms with Crippen molar-refractivity contribution in [2.45, 2.75) is 63.3 Å². The SMILES string of the molecule is CCCCCC(=O)OC[C@H]1O[C@@H](O)[C@H](O)[C@@H](O)[C@@H]1O. The number of unbranched alkanes of at least 4 members (excludes halogenated alkanes) is 2. The van der Waals surface area contributed by atoms with E-state index in [1.165, 1.54) is 0 Å². The minimum Gasteiger partial charge on any atom is -0.463 e. The Balaban J connectivity index is 2.34. The fraction of sp³-hybridized carbons (Fsp3) is 0.917. The molecule has 1 fully saturated rings. The highest BCUT2D eigenvalue weighted by atomic mass is 16.6. The van der Waals surface area contributed by atoms with Crippen LogP contribution in [0.2, 0.25) is 0 Å². The first-order valence-corrected chi connectivity index (χ1v) is 6.50. The fourth-order valence-corrected chi connectivity index (χ4v) is 1.84. The van der Waals surface area contributed by atoms with Crippen molar-refractivity contribution in [3.8, 4) is 0 Å². The summed E-state index contributed by atoms with van der Waals surface area (Å²) in [5.41, 5.74) is 0. The number of rotatable bonds is 6. The van der Waals surface area contributed by atoms with E-state index in [9.17, 15) is 25.2 Å². The first-order valence-electron chi connectivity index (χ1n) is 6.50. The average Bonchev–Trinajstić information content (AvgIpc) is 2.39. The van der Waals surface area contributed by atoms with Gasteiger partial charge in [0.1, 0.15) is 31.0 Å². The highest BCUT2D eigenvalue weighted by Crippen LogP contribution is 2.20. The monoisotopic (exact) mass is 278 g/mol. The van der Waals surface area contributed by atoms with E-state index >= 15 is 0 Å². The zero-order valence-electron chi connectivity index (χ0n) is 10.9. The highest BCUT2D eigenvalue weighted by Gasteiger charge is 2.43. The minimum absolute atomic E-state index is 0.271. The Bertz CT molecular complexity index is 283. The van der Waals surface area contributed by atoms with E-state index in [0.29, 0.717) is 0 Å². The van der Waals surface area contributed by atoms with Crippen molar-refractivity contribution < 1.29 is 34.7 Å². The van der Waals surface area contributed by atoms with Crippen molar-refractivity contribution in [1.82, 2.24) is 0 Å². The number of hydrogen-bond donors (Lipinski definition) is 4. The van der Waals surface area contributed by atoms with Crippen LogP contribution < -0.4 is 0 Å². The van der Waals surface area contributed by atoms with Gasteiger partial charge in [0.15, 0.2) is 6.29 Å². The van der Waals surface area contributed by atoms with Crippen LogP contribution in [0.1, 0.15) is 32.6 Å². The van der Waals surface area contributed by atoms with Crippen LogP contribution >= 0.6 is 0 Å². The van der Waals surface area contributed by atoms with Gasteiger partial charge in [-0.3, -0.25) is 4.79 Å². The zero-order chi connectivity index (χ0) is 14.4. The Morgan fingerprint density at radius 1 is 1.11 bits per heavy atom. The Labute approximate surface area is 111 Å². The molecule has 7 nitrogen and oxygen atoms in total. The first kappa shape index (κ1) is 16.3. The van der Waals surface area contributed by atoms with E-state index in [1.807, 2.05) is 6.92 Å². The van der Waals surface area contributed by atoms with Gasteiger partial charge in [-0.2, -0.15) is 0 Å². The maximum atomic E-state index is 11.4. The third kappa shape index (κ3) is 4.70. The predicted molar refractivity (Wildman–Crippen MR) is 64.0 cm³/mol. The second-order valence-corrected chi connectivity index (χ2v) is 4.68. The molecule has 1 rings (SSSR count). The Morgan fingerprint density at radius 3 is 2.42 bits per heavy atom. The topological polar surface area (TPSA) is 116 Å². The van der Waals surface area contributed by atoms with Crippen molar-refractivity contribution in [2.24, 2.45) is 0 Å². The number of aliphatic hydroxyl groups excluding tert-OH is 4. The second-order valence-electron chi connectivity index (χ2n) is 4.68. The van der Waals surface area contributed by atoms with E-state index in [1.54, 1.807) is 0 Å². The van der Waals surface area contributed by atoms with Gasteiger partial charge in [0, 0.05) is 6.42 Å². The quantitative estimate of drug-likeness (QED) is 0.360. The van der Waals surface area contributed by atoms with Crippen LogP contribution in [0.3, 0.4) is 0 Å². The summed E-state index contributed by atoms with van der Waals surface area (Å²) in [4.78, 5) is 11.4. The Hall–Kier alpha value is -0.730. The predicted octanol–water partition coefficient (Wildman–Crippen LogP) is -1.09. The van der Waals surface area contributed by atoms with Crippen LogP contribution in [0.25, 0.3) is 0 Å². The van der Waals surface area contributed by atoms with E-state index in [0.717, 1.165) is 19.3 Å². The number of carbonyl (C=O) groups is 1. The van der Waals surface area contributed by atoms with Crippen LogP contribution in [0.15, 0.2) is 0 Å². The van der Waals surface area contributed by atoms with Gasteiger partial charge in [-0.15, -0.1) is 0 Å². The molecule has 1 heterocycles. The summed E-state index contributed by atoms with van der Waals surface area (Å²) >= 11 is 0.